The Kier molecular flexibility index (Phi) is 6.59. The number of hydrogen-bond donors (Lipinski definition) is 1. The van der Waals surface area contributed by atoms with E-state index in [1.54, 1.807) is 6.92 Å². The number of nitrogens with two attached hydrogens (primary N) is 1. The molecule has 22 heavy (non-hydrogen) atoms. The summed E-state index contributed by atoms with van der Waals surface area (Å²) in [6.45, 7) is 1.54. The first-order valence-electron chi connectivity index (χ1n) is 5.68. The molecule has 2 aromatic rings. The van der Waals surface area contributed by atoms with Crippen LogP contribution in [0, 0.1) is 6.92 Å². The van der Waals surface area contributed by atoms with Gasteiger partial charge in [0.1, 0.15) is 17.0 Å². The minimum Gasteiger partial charge on any atom is -0.494 e. The van der Waals surface area contributed by atoms with Gasteiger partial charge in [0.15, 0.2) is 5.75 Å². The van der Waals surface area contributed by atoms with Crippen LogP contribution in [0.5, 0.6) is 11.5 Å². The van der Waals surface area contributed by atoms with Crippen molar-refractivity contribution in [1.82, 2.24) is 4.98 Å². The number of nitrogen functional groups attached to an aromatic ring is 1. The van der Waals surface area contributed by atoms with E-state index < -0.39 is 11.9 Å². The fraction of sp³-hybridized carbons (Fsp3) is 0.308. The Hall–Kier alpha value is -1.60. The van der Waals surface area contributed by atoms with Gasteiger partial charge >= 0.3 is 6.18 Å². The lowest BCUT2D eigenvalue weighted by Crippen LogP contribution is -2.09. The molecule has 0 saturated heterocycles. The molecule has 1 aromatic heterocycles. The Morgan fingerprint density at radius 3 is 2.14 bits per heavy atom. The second-order valence-corrected chi connectivity index (χ2v) is 4.25. The number of hydrogen-bond acceptors (Lipinski definition) is 4. The normalized spacial score (nSPS) is 10.6. The molecule has 9 heteroatoms. The predicted octanol–water partition coefficient (Wildman–Crippen LogP) is 4.01. The summed E-state index contributed by atoms with van der Waals surface area (Å²) in [7, 11) is 2.74. The molecular formula is C13H15Cl2F3N2O2. The second-order valence-electron chi connectivity index (χ2n) is 4.25. The number of rotatable bonds is 2. The van der Waals surface area contributed by atoms with Crippen molar-refractivity contribution in [3.05, 3.63) is 23.4 Å². The van der Waals surface area contributed by atoms with Crippen LogP contribution in [0.2, 0.25) is 0 Å². The quantitative estimate of drug-likeness (QED) is 0.824. The summed E-state index contributed by atoms with van der Waals surface area (Å²) in [4.78, 5) is 3.64. The molecule has 2 rings (SSSR count). The van der Waals surface area contributed by atoms with Crippen molar-refractivity contribution in [3.63, 3.8) is 0 Å². The van der Waals surface area contributed by atoms with Gasteiger partial charge < -0.3 is 15.2 Å². The van der Waals surface area contributed by atoms with Gasteiger partial charge in [0.05, 0.1) is 25.3 Å². The van der Waals surface area contributed by atoms with Gasteiger partial charge in [-0.3, -0.25) is 0 Å². The van der Waals surface area contributed by atoms with Crippen LogP contribution in [-0.2, 0) is 6.18 Å². The molecule has 124 valence electrons. The molecule has 1 aromatic carbocycles. The van der Waals surface area contributed by atoms with E-state index in [1.807, 2.05) is 0 Å². The lowest BCUT2D eigenvalue weighted by atomic mass is 10.1. The molecule has 0 aliphatic rings. The smallest absolute Gasteiger partial charge is 0.433 e. The standard InChI is InChI=1S/C13H13F3N2O2.2ClH/c1-6-4-9(13(14,15)16)18-11-8(19-2)5-7(17)12(20-3)10(6)11;;/h4-5H,17H2,1-3H3;2*1H. The van der Waals surface area contributed by atoms with Crippen molar-refractivity contribution in [1.29, 1.82) is 0 Å². The van der Waals surface area contributed by atoms with Crippen LogP contribution in [0.1, 0.15) is 11.3 Å². The van der Waals surface area contributed by atoms with Gasteiger partial charge in [-0.25, -0.2) is 4.98 Å². The third kappa shape index (κ3) is 3.41. The number of aromatic nitrogens is 1. The molecule has 0 spiro atoms. The van der Waals surface area contributed by atoms with E-state index in [0.717, 1.165) is 6.07 Å². The van der Waals surface area contributed by atoms with Crippen molar-refractivity contribution < 1.29 is 22.6 Å². The summed E-state index contributed by atoms with van der Waals surface area (Å²) in [5, 5.41) is 0.414. The summed E-state index contributed by atoms with van der Waals surface area (Å²) in [5.74, 6) is 0.465. The van der Waals surface area contributed by atoms with Crippen molar-refractivity contribution in [2.75, 3.05) is 20.0 Å². The van der Waals surface area contributed by atoms with Crippen LogP contribution in [0.25, 0.3) is 10.9 Å². The number of methoxy groups -OCH3 is 2. The van der Waals surface area contributed by atoms with Crippen LogP contribution in [-0.4, -0.2) is 19.2 Å². The van der Waals surface area contributed by atoms with Crippen molar-refractivity contribution >= 4 is 41.4 Å². The van der Waals surface area contributed by atoms with Crippen LogP contribution < -0.4 is 15.2 Å². The zero-order valence-corrected chi connectivity index (χ0v) is 13.6. The van der Waals surface area contributed by atoms with E-state index in [1.165, 1.54) is 20.3 Å². The average molecular weight is 359 g/mol. The summed E-state index contributed by atoms with van der Waals surface area (Å²) >= 11 is 0. The van der Waals surface area contributed by atoms with Gasteiger partial charge in [0, 0.05) is 6.07 Å². The Balaban J connectivity index is 0.00000220. The fourth-order valence-corrected chi connectivity index (χ4v) is 2.08. The molecule has 0 bridgehead atoms. The molecule has 0 amide bonds. The van der Waals surface area contributed by atoms with Gasteiger partial charge in [-0.05, 0) is 18.6 Å². The van der Waals surface area contributed by atoms with Crippen LogP contribution in [0.4, 0.5) is 18.9 Å². The van der Waals surface area contributed by atoms with Crippen LogP contribution >= 0.6 is 24.8 Å². The van der Waals surface area contributed by atoms with Gasteiger partial charge in [-0.15, -0.1) is 24.8 Å². The monoisotopic (exact) mass is 358 g/mol. The number of halogens is 5. The largest absolute Gasteiger partial charge is 0.494 e. The molecule has 2 N–H and O–H groups in total. The second kappa shape index (κ2) is 7.11. The maximum Gasteiger partial charge on any atom is 0.433 e. The molecule has 0 aliphatic carbocycles. The molecule has 0 radical (unpaired) electrons. The molecule has 0 unspecified atom stereocenters. The maximum absolute atomic E-state index is 12.8. The maximum atomic E-state index is 12.8. The highest BCUT2D eigenvalue weighted by atomic mass is 35.5. The minimum atomic E-state index is -4.53. The topological polar surface area (TPSA) is 57.4 Å². The lowest BCUT2D eigenvalue weighted by Gasteiger charge is -2.16. The van der Waals surface area contributed by atoms with E-state index >= 15 is 0 Å². The first-order valence-corrected chi connectivity index (χ1v) is 5.68. The van der Waals surface area contributed by atoms with E-state index in [4.69, 9.17) is 15.2 Å². The number of benzene rings is 1. The lowest BCUT2D eigenvalue weighted by molar-refractivity contribution is -0.141. The number of ether oxygens (including phenoxy) is 2. The molecule has 4 nitrogen and oxygen atoms in total. The van der Waals surface area contributed by atoms with Gasteiger partial charge in [-0.2, -0.15) is 13.2 Å². The fourth-order valence-electron chi connectivity index (χ4n) is 2.08. The molecule has 0 aliphatic heterocycles. The molecule has 0 saturated carbocycles. The highest BCUT2D eigenvalue weighted by Crippen LogP contribution is 2.41. The van der Waals surface area contributed by atoms with Crippen LogP contribution in [0.15, 0.2) is 12.1 Å². The number of alkyl halides is 3. The van der Waals surface area contributed by atoms with Crippen molar-refractivity contribution in [3.8, 4) is 11.5 Å². The Morgan fingerprint density at radius 2 is 1.68 bits per heavy atom. The summed E-state index contributed by atoms with van der Waals surface area (Å²) in [6, 6.07) is 2.36. The minimum absolute atomic E-state index is 0. The Bertz CT molecular complexity index is 679. The van der Waals surface area contributed by atoms with E-state index in [-0.39, 0.29) is 41.8 Å². The van der Waals surface area contributed by atoms with Crippen molar-refractivity contribution in [2.45, 2.75) is 13.1 Å². The molecule has 1 heterocycles. The van der Waals surface area contributed by atoms with E-state index in [9.17, 15) is 13.2 Å². The van der Waals surface area contributed by atoms with Crippen molar-refractivity contribution in [2.24, 2.45) is 0 Å². The zero-order valence-electron chi connectivity index (χ0n) is 11.9. The number of anilines is 1. The molecule has 0 atom stereocenters. The average Bonchev–Trinajstić information content (AvgIpc) is 2.37. The third-order valence-electron chi connectivity index (χ3n) is 2.94. The van der Waals surface area contributed by atoms with Crippen LogP contribution in [0.3, 0.4) is 0 Å². The van der Waals surface area contributed by atoms with Gasteiger partial charge in [-0.1, -0.05) is 0 Å². The SMILES string of the molecule is COc1cc(N)c(OC)c2c(C)cc(C(F)(F)F)nc12.Cl.Cl. The summed E-state index contributed by atoms with van der Waals surface area (Å²) < 4.78 is 48.7. The van der Waals surface area contributed by atoms with Gasteiger partial charge in [0.25, 0.3) is 0 Å². The predicted molar refractivity (Wildman–Crippen MR) is 83.5 cm³/mol. The Labute approximate surface area is 137 Å². The van der Waals surface area contributed by atoms with E-state index in [2.05, 4.69) is 4.98 Å². The highest BCUT2D eigenvalue weighted by molar-refractivity contribution is 5.97. The first-order chi connectivity index (χ1) is 9.29. The first kappa shape index (κ1) is 20.4. The summed E-state index contributed by atoms with van der Waals surface area (Å²) in [5.41, 5.74) is 5.55. The Morgan fingerprint density at radius 1 is 1.09 bits per heavy atom. The molecule has 0 fully saturated rings. The molecular weight excluding hydrogens is 344 g/mol. The third-order valence-corrected chi connectivity index (χ3v) is 2.94. The number of pyridine rings is 1. The van der Waals surface area contributed by atoms with Gasteiger partial charge in [0.2, 0.25) is 0 Å². The number of nitrogens with zero attached hydrogens (tertiary/aromatic N) is 1. The number of aryl methyl sites for hydroxylation is 1. The summed E-state index contributed by atoms with van der Waals surface area (Å²) in [6.07, 6.45) is -4.53. The number of fused-ring (bicyclic) bond motifs is 1. The highest BCUT2D eigenvalue weighted by Gasteiger charge is 2.34. The van der Waals surface area contributed by atoms with E-state index in [0.29, 0.717) is 16.7 Å². The zero-order chi connectivity index (χ0) is 15.1.